The molecule has 8 nitrogen and oxygen atoms in total. The Balaban J connectivity index is 1.67. The first-order valence-electron chi connectivity index (χ1n) is 7.96. The van der Waals surface area contributed by atoms with Gasteiger partial charge in [-0.25, -0.2) is 9.48 Å². The van der Waals surface area contributed by atoms with Gasteiger partial charge >= 0.3 is 5.69 Å². The van der Waals surface area contributed by atoms with Gasteiger partial charge in [-0.05, 0) is 19.3 Å². The van der Waals surface area contributed by atoms with E-state index in [0.29, 0.717) is 11.7 Å². The van der Waals surface area contributed by atoms with Crippen molar-refractivity contribution >= 4 is 22.4 Å². The largest absolute Gasteiger partial charge is 0.346 e. The standard InChI is InChI=1S/C14H20N6O2S/c1-2-6-12-16-17-13(23-12)15-11(21)9-20-14(22)19-8-5-3-4-7-10(19)18-20/h2-9H2,1H3,(H,15,17,21). The summed E-state index contributed by atoms with van der Waals surface area (Å²) in [5, 5.41) is 16.3. The van der Waals surface area contributed by atoms with Crippen molar-refractivity contribution in [2.45, 2.75) is 58.5 Å². The maximum absolute atomic E-state index is 12.3. The summed E-state index contributed by atoms with van der Waals surface area (Å²) < 4.78 is 2.93. The summed E-state index contributed by atoms with van der Waals surface area (Å²) in [6.45, 7) is 2.66. The van der Waals surface area contributed by atoms with Crippen LogP contribution in [-0.4, -0.2) is 30.5 Å². The van der Waals surface area contributed by atoms with Crippen molar-refractivity contribution < 1.29 is 4.79 Å². The molecule has 3 rings (SSSR count). The van der Waals surface area contributed by atoms with E-state index in [1.54, 1.807) is 4.57 Å². The molecule has 0 saturated carbocycles. The third-order valence-corrected chi connectivity index (χ3v) is 4.65. The average Bonchev–Trinajstić information content (AvgIpc) is 2.97. The molecule has 1 aliphatic heterocycles. The van der Waals surface area contributed by atoms with Crippen molar-refractivity contribution in [3.8, 4) is 0 Å². The highest BCUT2D eigenvalue weighted by molar-refractivity contribution is 7.15. The summed E-state index contributed by atoms with van der Waals surface area (Å²) in [7, 11) is 0. The van der Waals surface area contributed by atoms with Gasteiger partial charge in [0.1, 0.15) is 17.4 Å². The van der Waals surface area contributed by atoms with E-state index in [9.17, 15) is 9.59 Å². The van der Waals surface area contributed by atoms with Crippen LogP contribution < -0.4 is 11.0 Å². The van der Waals surface area contributed by atoms with Crippen LogP contribution in [0.3, 0.4) is 0 Å². The van der Waals surface area contributed by atoms with Crippen molar-refractivity contribution in [1.29, 1.82) is 0 Å². The fourth-order valence-electron chi connectivity index (χ4n) is 2.64. The van der Waals surface area contributed by atoms with E-state index >= 15 is 0 Å². The van der Waals surface area contributed by atoms with E-state index in [-0.39, 0.29) is 18.1 Å². The van der Waals surface area contributed by atoms with Crippen LogP contribution in [0.15, 0.2) is 4.79 Å². The second kappa shape index (κ2) is 7.03. The van der Waals surface area contributed by atoms with Crippen molar-refractivity contribution in [2.24, 2.45) is 0 Å². The molecule has 0 saturated heterocycles. The predicted octanol–water partition coefficient (Wildman–Crippen LogP) is 1.21. The number of nitrogens with zero attached hydrogens (tertiary/aromatic N) is 5. The maximum atomic E-state index is 12.3. The first kappa shape index (κ1) is 15.9. The summed E-state index contributed by atoms with van der Waals surface area (Å²) >= 11 is 1.36. The van der Waals surface area contributed by atoms with Gasteiger partial charge in [-0.1, -0.05) is 24.7 Å². The highest BCUT2D eigenvalue weighted by Gasteiger charge is 2.17. The summed E-state index contributed by atoms with van der Waals surface area (Å²) in [6.07, 6.45) is 5.75. The number of aromatic nitrogens is 5. The van der Waals surface area contributed by atoms with Gasteiger partial charge in [-0.2, -0.15) is 5.10 Å². The number of carbonyl (C=O) groups is 1. The van der Waals surface area contributed by atoms with Gasteiger partial charge in [0.2, 0.25) is 11.0 Å². The molecule has 0 radical (unpaired) electrons. The van der Waals surface area contributed by atoms with Crippen LogP contribution in [0.2, 0.25) is 0 Å². The van der Waals surface area contributed by atoms with Crippen LogP contribution in [0.1, 0.15) is 43.4 Å². The van der Waals surface area contributed by atoms with E-state index in [4.69, 9.17) is 0 Å². The second-order valence-corrected chi connectivity index (χ2v) is 6.68. The normalized spacial score (nSPS) is 14.3. The Morgan fingerprint density at radius 1 is 1.30 bits per heavy atom. The third-order valence-electron chi connectivity index (χ3n) is 3.75. The zero-order chi connectivity index (χ0) is 16.2. The summed E-state index contributed by atoms with van der Waals surface area (Å²) in [5.74, 6) is 0.473. The van der Waals surface area contributed by atoms with Crippen LogP contribution in [0.5, 0.6) is 0 Å². The molecule has 23 heavy (non-hydrogen) atoms. The Hall–Kier alpha value is -2.03. The SMILES string of the molecule is CCCc1nnc(NC(=O)Cn2nc3n(c2=O)CCCCC3)s1. The molecule has 0 unspecified atom stereocenters. The summed E-state index contributed by atoms with van der Waals surface area (Å²) in [6, 6.07) is 0. The Morgan fingerprint density at radius 2 is 2.17 bits per heavy atom. The Bertz CT molecular complexity index is 747. The lowest BCUT2D eigenvalue weighted by Gasteiger charge is -2.00. The van der Waals surface area contributed by atoms with Crippen LogP contribution >= 0.6 is 11.3 Å². The number of rotatable bonds is 5. The lowest BCUT2D eigenvalue weighted by molar-refractivity contribution is -0.117. The van der Waals surface area contributed by atoms with Crippen molar-refractivity contribution in [3.63, 3.8) is 0 Å². The average molecular weight is 336 g/mol. The fourth-order valence-corrected chi connectivity index (χ4v) is 3.50. The molecule has 0 bridgehead atoms. The van der Waals surface area contributed by atoms with Crippen molar-refractivity contribution in [3.05, 3.63) is 21.3 Å². The number of amides is 1. The van der Waals surface area contributed by atoms with Gasteiger partial charge in [-0.15, -0.1) is 10.2 Å². The smallest absolute Gasteiger partial charge is 0.299 e. The van der Waals surface area contributed by atoms with Gasteiger partial charge in [0.15, 0.2) is 0 Å². The second-order valence-electron chi connectivity index (χ2n) is 5.62. The minimum absolute atomic E-state index is 0.0957. The van der Waals surface area contributed by atoms with Crippen LogP contribution in [0, 0.1) is 0 Å². The number of fused-ring (bicyclic) bond motifs is 1. The van der Waals surface area contributed by atoms with Gasteiger partial charge in [0.25, 0.3) is 0 Å². The zero-order valence-corrected chi connectivity index (χ0v) is 13.9. The Labute approximate surface area is 137 Å². The van der Waals surface area contributed by atoms with E-state index in [2.05, 4.69) is 27.5 Å². The van der Waals surface area contributed by atoms with Crippen LogP contribution in [-0.2, 0) is 30.7 Å². The molecule has 0 spiro atoms. The van der Waals surface area contributed by atoms with Crippen LogP contribution in [0.4, 0.5) is 5.13 Å². The molecule has 0 atom stereocenters. The molecule has 3 heterocycles. The molecule has 2 aromatic rings. The van der Waals surface area contributed by atoms with Crippen molar-refractivity contribution in [2.75, 3.05) is 5.32 Å². The third kappa shape index (κ3) is 3.66. The molecular formula is C14H20N6O2S. The molecule has 0 aromatic carbocycles. The zero-order valence-electron chi connectivity index (χ0n) is 13.1. The molecule has 124 valence electrons. The number of hydrogen-bond donors (Lipinski definition) is 1. The maximum Gasteiger partial charge on any atom is 0.346 e. The lowest BCUT2D eigenvalue weighted by Crippen LogP contribution is -2.30. The molecule has 1 N–H and O–H groups in total. The molecule has 0 fully saturated rings. The van der Waals surface area contributed by atoms with Gasteiger partial charge < -0.3 is 0 Å². The lowest BCUT2D eigenvalue weighted by atomic mass is 10.2. The topological polar surface area (TPSA) is 94.7 Å². The minimum Gasteiger partial charge on any atom is -0.299 e. The Morgan fingerprint density at radius 3 is 3.00 bits per heavy atom. The van der Waals surface area contributed by atoms with Gasteiger partial charge in [0.05, 0.1) is 0 Å². The monoisotopic (exact) mass is 336 g/mol. The summed E-state index contributed by atoms with van der Waals surface area (Å²) in [4.78, 5) is 24.4. The highest BCUT2D eigenvalue weighted by atomic mass is 32.1. The van der Waals surface area contributed by atoms with E-state index < -0.39 is 0 Å². The molecule has 1 amide bonds. The van der Waals surface area contributed by atoms with Crippen LogP contribution in [0.25, 0.3) is 0 Å². The molecule has 2 aromatic heterocycles. The first-order valence-corrected chi connectivity index (χ1v) is 8.77. The molecular weight excluding hydrogens is 316 g/mol. The van der Waals surface area contributed by atoms with E-state index in [1.165, 1.54) is 16.0 Å². The number of nitrogens with one attached hydrogen (secondary N) is 1. The van der Waals surface area contributed by atoms with E-state index in [1.807, 2.05) is 0 Å². The minimum atomic E-state index is -0.306. The molecule has 0 aliphatic carbocycles. The number of hydrogen-bond acceptors (Lipinski definition) is 6. The van der Waals surface area contributed by atoms with Gasteiger partial charge in [0, 0.05) is 19.4 Å². The summed E-state index contributed by atoms with van der Waals surface area (Å²) in [5.41, 5.74) is -0.207. The first-order chi connectivity index (χ1) is 11.2. The number of aryl methyl sites for hydroxylation is 2. The fraction of sp³-hybridized carbons (Fsp3) is 0.643. The highest BCUT2D eigenvalue weighted by Crippen LogP contribution is 2.16. The quantitative estimate of drug-likeness (QED) is 0.886. The number of anilines is 1. The van der Waals surface area contributed by atoms with Gasteiger partial charge in [-0.3, -0.25) is 14.7 Å². The molecule has 9 heteroatoms. The predicted molar refractivity (Wildman–Crippen MR) is 86.6 cm³/mol. The number of carbonyl (C=O) groups excluding carboxylic acids is 1. The Kier molecular flexibility index (Phi) is 4.85. The van der Waals surface area contributed by atoms with E-state index in [0.717, 1.165) is 49.4 Å². The van der Waals surface area contributed by atoms with Crippen molar-refractivity contribution in [1.82, 2.24) is 24.5 Å². The molecule has 1 aliphatic rings.